The van der Waals surface area contributed by atoms with Gasteiger partial charge in [0.05, 0.1) is 30.1 Å². The number of hydrogen-bond acceptors (Lipinski definition) is 5. The second-order valence-corrected chi connectivity index (χ2v) is 11.7. The molecule has 3 N–H and O–H groups in total. The largest absolute Gasteiger partial charge is 0.465 e. The molecule has 2 aromatic heterocycles. The maximum atomic E-state index is 13.8. The number of alkyl halides is 3. The fourth-order valence-corrected chi connectivity index (χ4v) is 4.27. The van der Waals surface area contributed by atoms with Gasteiger partial charge < -0.3 is 29.6 Å². The summed E-state index contributed by atoms with van der Waals surface area (Å²) in [7, 11) is 3.18. The van der Waals surface area contributed by atoms with Gasteiger partial charge in [0.2, 0.25) is 6.41 Å². The summed E-state index contributed by atoms with van der Waals surface area (Å²) in [5.74, 6) is 0.581. The van der Waals surface area contributed by atoms with Crippen molar-refractivity contribution in [3.05, 3.63) is 72.1 Å². The molecule has 0 saturated heterocycles. The van der Waals surface area contributed by atoms with Crippen molar-refractivity contribution in [3.63, 3.8) is 0 Å². The molecule has 0 aliphatic carbocycles. The molecular formula is C35H43F3N6O4. The number of carboxylic acid groups (broad SMARTS) is 1. The zero-order valence-corrected chi connectivity index (χ0v) is 28.2. The number of benzene rings is 2. The van der Waals surface area contributed by atoms with E-state index in [1.807, 2.05) is 52.0 Å². The van der Waals surface area contributed by atoms with Crippen molar-refractivity contribution in [1.82, 2.24) is 29.7 Å². The first-order chi connectivity index (χ1) is 22.6. The SMILES string of the molecule is C#C.CCCN(C=O)Cc1nc(-c2ccc(-c3ccc(-c4cnc([C@H](C)N(C)C(=O)O)[nH]4)cc3)cc2)c(C(F)(F)F)[nH]1.COC(C)(C)C. The Morgan fingerprint density at radius 3 is 1.94 bits per heavy atom. The minimum atomic E-state index is -4.64. The van der Waals surface area contributed by atoms with Crippen LogP contribution in [0.3, 0.4) is 0 Å². The summed E-state index contributed by atoms with van der Waals surface area (Å²) in [5, 5.41) is 9.18. The van der Waals surface area contributed by atoms with Crippen LogP contribution in [-0.4, -0.2) is 73.6 Å². The van der Waals surface area contributed by atoms with Crippen LogP contribution in [0.15, 0.2) is 54.7 Å². The number of nitrogens with one attached hydrogen (secondary N) is 2. The van der Waals surface area contributed by atoms with Crippen LogP contribution < -0.4 is 0 Å². The number of methoxy groups -OCH3 is 1. The Labute approximate surface area is 279 Å². The van der Waals surface area contributed by atoms with Gasteiger partial charge in [0.1, 0.15) is 23.0 Å². The van der Waals surface area contributed by atoms with Crippen molar-refractivity contribution in [2.45, 2.75) is 65.4 Å². The topological polar surface area (TPSA) is 127 Å². The highest BCUT2D eigenvalue weighted by molar-refractivity contribution is 5.72. The van der Waals surface area contributed by atoms with E-state index >= 15 is 0 Å². The van der Waals surface area contributed by atoms with Crippen LogP contribution in [-0.2, 0) is 22.3 Å². The molecule has 4 aromatic rings. The number of imidazole rings is 2. The average molecular weight is 669 g/mol. The Hall–Kier alpha value is -5.09. The van der Waals surface area contributed by atoms with Crippen molar-refractivity contribution in [3.8, 4) is 46.5 Å². The molecule has 0 bridgehead atoms. The molecule has 10 nitrogen and oxygen atoms in total. The summed E-state index contributed by atoms with van der Waals surface area (Å²) in [5.41, 5.74) is 2.40. The monoisotopic (exact) mass is 668 g/mol. The lowest BCUT2D eigenvalue weighted by molar-refractivity contribution is -0.140. The molecule has 2 amide bonds. The van der Waals surface area contributed by atoms with E-state index in [0.717, 1.165) is 27.3 Å². The van der Waals surface area contributed by atoms with Crippen molar-refractivity contribution < 1.29 is 32.6 Å². The van der Waals surface area contributed by atoms with Crippen LogP contribution >= 0.6 is 0 Å². The Balaban J connectivity index is 0.000000901. The number of carbonyl (C=O) groups excluding carboxylic acids is 1. The van der Waals surface area contributed by atoms with Crippen LogP contribution in [0.2, 0.25) is 0 Å². The number of carbonyl (C=O) groups is 2. The van der Waals surface area contributed by atoms with Crippen molar-refractivity contribution in [1.29, 1.82) is 0 Å². The van der Waals surface area contributed by atoms with Crippen LogP contribution in [0.25, 0.3) is 33.6 Å². The molecule has 2 aromatic carbocycles. The number of ether oxygens (including phenoxy) is 1. The summed E-state index contributed by atoms with van der Waals surface area (Å²) in [6.45, 7) is 10.0. The maximum absolute atomic E-state index is 13.8. The molecule has 0 unspecified atom stereocenters. The number of halogens is 3. The normalized spacial score (nSPS) is 11.8. The molecule has 13 heteroatoms. The number of hydrogen-bond donors (Lipinski definition) is 3. The smallest absolute Gasteiger partial charge is 0.433 e. The van der Waals surface area contributed by atoms with Crippen LogP contribution in [0, 0.1) is 12.8 Å². The first kappa shape index (κ1) is 39.1. The van der Waals surface area contributed by atoms with Gasteiger partial charge in [-0.15, -0.1) is 12.8 Å². The molecule has 0 radical (unpaired) electrons. The first-order valence-electron chi connectivity index (χ1n) is 15.0. The van der Waals surface area contributed by atoms with E-state index in [-0.39, 0.29) is 23.7 Å². The number of nitrogens with zero attached hydrogens (tertiary/aromatic N) is 4. The van der Waals surface area contributed by atoms with Crippen molar-refractivity contribution in [2.75, 3.05) is 20.7 Å². The Bertz CT molecular complexity index is 1620. The average Bonchev–Trinajstić information content (AvgIpc) is 3.73. The second-order valence-electron chi connectivity index (χ2n) is 11.7. The molecular weight excluding hydrogens is 625 g/mol. The number of H-pyrrole nitrogens is 2. The second kappa shape index (κ2) is 17.2. The van der Waals surface area contributed by atoms with Crippen LogP contribution in [0.5, 0.6) is 0 Å². The molecule has 0 saturated carbocycles. The van der Waals surface area contributed by atoms with E-state index in [0.29, 0.717) is 30.8 Å². The quantitative estimate of drug-likeness (QED) is 0.117. The van der Waals surface area contributed by atoms with Gasteiger partial charge in [0, 0.05) is 26.3 Å². The van der Waals surface area contributed by atoms with E-state index in [1.165, 1.54) is 11.9 Å². The lowest BCUT2D eigenvalue weighted by Gasteiger charge is -2.19. The third-order valence-electron chi connectivity index (χ3n) is 7.22. The van der Waals surface area contributed by atoms with Gasteiger partial charge >= 0.3 is 12.3 Å². The van der Waals surface area contributed by atoms with Gasteiger partial charge in [0.25, 0.3) is 0 Å². The van der Waals surface area contributed by atoms with E-state index in [9.17, 15) is 27.9 Å². The predicted octanol–water partition coefficient (Wildman–Crippen LogP) is 7.87. The van der Waals surface area contributed by atoms with Crippen molar-refractivity contribution >= 4 is 12.5 Å². The van der Waals surface area contributed by atoms with Gasteiger partial charge in [-0.2, -0.15) is 13.2 Å². The summed E-state index contributed by atoms with van der Waals surface area (Å²) in [6.07, 6.45) is 5.22. The van der Waals surface area contributed by atoms with Crippen molar-refractivity contribution in [2.24, 2.45) is 0 Å². The number of terminal acetylenes is 1. The molecule has 0 spiro atoms. The summed E-state index contributed by atoms with van der Waals surface area (Å²) in [4.78, 5) is 39.0. The third kappa shape index (κ3) is 10.7. The third-order valence-corrected chi connectivity index (χ3v) is 7.22. The lowest BCUT2D eigenvalue weighted by atomic mass is 10.0. The van der Waals surface area contributed by atoms with Gasteiger partial charge in [-0.3, -0.25) is 4.79 Å². The van der Waals surface area contributed by atoms with E-state index in [2.05, 4.69) is 32.8 Å². The number of amides is 2. The summed E-state index contributed by atoms with van der Waals surface area (Å²) < 4.78 is 46.2. The Morgan fingerprint density at radius 2 is 1.50 bits per heavy atom. The zero-order chi connectivity index (χ0) is 36.2. The zero-order valence-electron chi connectivity index (χ0n) is 28.2. The van der Waals surface area contributed by atoms with Crippen LogP contribution in [0.4, 0.5) is 18.0 Å². The minimum absolute atomic E-state index is 0.0417. The van der Waals surface area contributed by atoms with Gasteiger partial charge in [-0.1, -0.05) is 55.5 Å². The van der Waals surface area contributed by atoms with Gasteiger partial charge in [-0.25, -0.2) is 14.8 Å². The van der Waals surface area contributed by atoms with Gasteiger partial charge in [0.15, 0.2) is 0 Å². The van der Waals surface area contributed by atoms with Crippen LogP contribution in [0.1, 0.15) is 64.4 Å². The molecule has 48 heavy (non-hydrogen) atoms. The molecule has 2 heterocycles. The highest BCUT2D eigenvalue weighted by atomic mass is 19.4. The first-order valence-corrected chi connectivity index (χ1v) is 15.0. The number of aromatic amines is 2. The molecule has 4 rings (SSSR count). The maximum Gasteiger partial charge on any atom is 0.433 e. The number of aromatic nitrogens is 4. The number of rotatable bonds is 10. The molecule has 0 aliphatic rings. The highest BCUT2D eigenvalue weighted by Crippen LogP contribution is 2.36. The van der Waals surface area contributed by atoms with E-state index < -0.39 is 24.0 Å². The standard InChI is InChI=1S/C28H29F3N6O3.C5H12O.C2H2/c1-4-13-37(16-38)15-23-34-24(25(35-23)28(29,30)31)21-11-7-19(8-12-21)18-5-9-20(10-6-18)22-14-32-26(33-22)17(2)36(3)27(39)40;1-5(2,3)6-4;1-2/h5-12,14,16-17H,4,13,15H2,1-3H3,(H,32,33)(H,34,35)(H,39,40);1-4H3;1-2H/t17-;;/m0../s1. The molecule has 0 fully saturated rings. The molecule has 258 valence electrons. The fraction of sp³-hybridized carbons (Fsp3) is 0.371. The van der Waals surface area contributed by atoms with E-state index in [1.54, 1.807) is 44.5 Å². The lowest BCUT2D eigenvalue weighted by Crippen LogP contribution is -2.28. The summed E-state index contributed by atoms with van der Waals surface area (Å²) in [6, 6.07) is 13.7. The summed E-state index contributed by atoms with van der Waals surface area (Å²) >= 11 is 0. The minimum Gasteiger partial charge on any atom is -0.465 e. The molecule has 0 aliphatic heterocycles. The van der Waals surface area contributed by atoms with Gasteiger partial charge in [-0.05, 0) is 50.8 Å². The Kier molecular flexibility index (Phi) is 14.0. The van der Waals surface area contributed by atoms with E-state index in [4.69, 9.17) is 4.74 Å². The predicted molar refractivity (Wildman–Crippen MR) is 180 cm³/mol. The Morgan fingerprint density at radius 1 is 1.00 bits per heavy atom. The highest BCUT2D eigenvalue weighted by Gasteiger charge is 2.37. The molecule has 1 atom stereocenters. The fourth-order valence-electron chi connectivity index (χ4n) is 4.27.